The average Bonchev–Trinajstić information content (AvgIpc) is 3.13. The number of hydrogen-bond acceptors (Lipinski definition) is 3. The van der Waals surface area contributed by atoms with Crippen molar-refractivity contribution in [2.45, 2.75) is 6.92 Å². The number of nitrogens with one attached hydrogen (secondary N) is 2. The fraction of sp³-hybridized carbons (Fsp3) is 0.0455. The van der Waals surface area contributed by atoms with E-state index in [1.807, 2.05) is 41.0 Å². The third-order valence-corrected chi connectivity index (χ3v) is 4.31. The van der Waals surface area contributed by atoms with Gasteiger partial charge in [-0.2, -0.15) is 0 Å². The van der Waals surface area contributed by atoms with Gasteiger partial charge in [0.1, 0.15) is 6.33 Å². The molecule has 1 aromatic heterocycles. The van der Waals surface area contributed by atoms with Gasteiger partial charge >= 0.3 is 0 Å². The van der Waals surface area contributed by atoms with Crippen molar-refractivity contribution in [1.29, 1.82) is 0 Å². The number of benzene rings is 3. The molecule has 0 radical (unpaired) electrons. The van der Waals surface area contributed by atoms with Gasteiger partial charge in [0, 0.05) is 29.5 Å². The van der Waals surface area contributed by atoms with Crippen molar-refractivity contribution < 1.29 is 9.59 Å². The second-order valence-electron chi connectivity index (χ2n) is 6.37. The molecular formula is C22H18N4O2. The Kier molecular flexibility index (Phi) is 4.60. The number of hydrogen-bond donors (Lipinski definition) is 2. The summed E-state index contributed by atoms with van der Waals surface area (Å²) < 4.78 is 1.98. The summed E-state index contributed by atoms with van der Waals surface area (Å²) in [6.45, 7) is 1.45. The Balaban J connectivity index is 1.54. The third-order valence-electron chi connectivity index (χ3n) is 4.31. The summed E-state index contributed by atoms with van der Waals surface area (Å²) in [6.07, 6.45) is 1.75. The number of anilines is 2. The zero-order valence-corrected chi connectivity index (χ0v) is 15.2. The Bertz CT molecular complexity index is 1150. The molecule has 0 saturated heterocycles. The van der Waals surface area contributed by atoms with Crippen LogP contribution >= 0.6 is 0 Å². The second-order valence-corrected chi connectivity index (χ2v) is 6.37. The summed E-state index contributed by atoms with van der Waals surface area (Å²) in [5.41, 5.74) is 4.55. The number of rotatable bonds is 4. The fourth-order valence-corrected chi connectivity index (χ4v) is 2.99. The Morgan fingerprint density at radius 1 is 0.857 bits per heavy atom. The maximum Gasteiger partial charge on any atom is 0.255 e. The predicted octanol–water partition coefficient (Wildman–Crippen LogP) is 4.24. The average molecular weight is 370 g/mol. The molecule has 4 rings (SSSR count). The van der Waals surface area contributed by atoms with Gasteiger partial charge in [-0.15, -0.1) is 0 Å². The zero-order valence-electron chi connectivity index (χ0n) is 15.2. The lowest BCUT2D eigenvalue weighted by Gasteiger charge is -2.08. The highest BCUT2D eigenvalue weighted by Crippen LogP contribution is 2.20. The number of imidazole rings is 1. The molecule has 1 heterocycles. The number of amides is 2. The molecular weight excluding hydrogens is 352 g/mol. The largest absolute Gasteiger partial charge is 0.326 e. The van der Waals surface area contributed by atoms with Gasteiger partial charge in [-0.25, -0.2) is 4.98 Å². The molecule has 2 N–H and O–H groups in total. The van der Waals surface area contributed by atoms with E-state index in [0.29, 0.717) is 16.9 Å². The first kappa shape index (κ1) is 17.5. The molecule has 2 amide bonds. The number of carbonyl (C=O) groups excluding carboxylic acids is 2. The van der Waals surface area contributed by atoms with Crippen LogP contribution in [0.25, 0.3) is 16.7 Å². The Labute approximate surface area is 161 Å². The highest BCUT2D eigenvalue weighted by Gasteiger charge is 2.10. The monoisotopic (exact) mass is 370 g/mol. The highest BCUT2D eigenvalue weighted by molar-refractivity contribution is 6.06. The SMILES string of the molecule is CC(=O)Nc1ccc(NC(=O)c2ccc3c(c2)ncn3-c2ccccc2)cc1. The molecule has 0 aliphatic carbocycles. The van der Waals surface area contributed by atoms with Crippen molar-refractivity contribution in [2.75, 3.05) is 10.6 Å². The minimum absolute atomic E-state index is 0.139. The molecule has 138 valence electrons. The van der Waals surface area contributed by atoms with E-state index in [1.54, 1.807) is 42.7 Å². The van der Waals surface area contributed by atoms with Crippen LogP contribution in [0.15, 0.2) is 79.1 Å². The summed E-state index contributed by atoms with van der Waals surface area (Å²) in [5, 5.41) is 5.55. The van der Waals surface area contributed by atoms with Crippen LogP contribution in [0, 0.1) is 0 Å². The normalized spacial score (nSPS) is 10.6. The Hall–Kier alpha value is -3.93. The number of nitrogens with zero attached hydrogens (tertiary/aromatic N) is 2. The van der Waals surface area contributed by atoms with E-state index in [0.717, 1.165) is 16.7 Å². The van der Waals surface area contributed by atoms with Crippen molar-refractivity contribution in [2.24, 2.45) is 0 Å². The molecule has 0 spiro atoms. The van der Waals surface area contributed by atoms with E-state index in [1.165, 1.54) is 6.92 Å². The lowest BCUT2D eigenvalue weighted by Crippen LogP contribution is -2.12. The summed E-state index contributed by atoms with van der Waals surface area (Å²) in [7, 11) is 0. The van der Waals surface area contributed by atoms with Gasteiger partial charge in [-0.3, -0.25) is 14.2 Å². The van der Waals surface area contributed by atoms with Crippen molar-refractivity contribution in [3.63, 3.8) is 0 Å². The maximum atomic E-state index is 12.6. The van der Waals surface area contributed by atoms with E-state index < -0.39 is 0 Å². The maximum absolute atomic E-state index is 12.6. The van der Waals surface area contributed by atoms with Gasteiger partial charge in [-0.1, -0.05) is 18.2 Å². The van der Waals surface area contributed by atoms with E-state index in [9.17, 15) is 9.59 Å². The summed E-state index contributed by atoms with van der Waals surface area (Å²) in [6, 6.07) is 22.3. The third kappa shape index (κ3) is 3.61. The van der Waals surface area contributed by atoms with Crippen LogP contribution in [0.3, 0.4) is 0 Å². The Morgan fingerprint density at radius 2 is 1.54 bits per heavy atom. The lowest BCUT2D eigenvalue weighted by atomic mass is 10.1. The fourth-order valence-electron chi connectivity index (χ4n) is 2.99. The van der Waals surface area contributed by atoms with Crippen LogP contribution in [-0.4, -0.2) is 21.4 Å². The molecule has 28 heavy (non-hydrogen) atoms. The Morgan fingerprint density at radius 3 is 2.21 bits per heavy atom. The van der Waals surface area contributed by atoms with Gasteiger partial charge in [0.25, 0.3) is 5.91 Å². The lowest BCUT2D eigenvalue weighted by molar-refractivity contribution is -0.114. The quantitative estimate of drug-likeness (QED) is 0.564. The number of carbonyl (C=O) groups is 2. The van der Waals surface area contributed by atoms with E-state index in [2.05, 4.69) is 15.6 Å². The van der Waals surface area contributed by atoms with Crippen molar-refractivity contribution >= 4 is 34.2 Å². The van der Waals surface area contributed by atoms with Crippen LogP contribution in [0.4, 0.5) is 11.4 Å². The molecule has 0 aliphatic heterocycles. The van der Waals surface area contributed by atoms with Gasteiger partial charge in [0.2, 0.25) is 5.91 Å². The molecule has 3 aromatic carbocycles. The smallest absolute Gasteiger partial charge is 0.255 e. The molecule has 0 atom stereocenters. The highest BCUT2D eigenvalue weighted by atomic mass is 16.2. The molecule has 0 bridgehead atoms. The summed E-state index contributed by atoms with van der Waals surface area (Å²) >= 11 is 0. The first-order valence-corrected chi connectivity index (χ1v) is 8.82. The van der Waals surface area contributed by atoms with Gasteiger partial charge in [0.05, 0.1) is 11.0 Å². The van der Waals surface area contributed by atoms with Crippen LogP contribution in [-0.2, 0) is 4.79 Å². The summed E-state index contributed by atoms with van der Waals surface area (Å²) in [5.74, 6) is -0.358. The summed E-state index contributed by atoms with van der Waals surface area (Å²) in [4.78, 5) is 28.1. The van der Waals surface area contributed by atoms with Gasteiger partial charge in [-0.05, 0) is 54.6 Å². The topological polar surface area (TPSA) is 76.0 Å². The van der Waals surface area contributed by atoms with Crippen molar-refractivity contribution in [3.05, 3.63) is 84.7 Å². The van der Waals surface area contributed by atoms with Gasteiger partial charge < -0.3 is 10.6 Å². The number of fused-ring (bicyclic) bond motifs is 1. The standard InChI is InChI=1S/C22H18N4O2/c1-15(27)24-17-8-10-18(11-9-17)25-22(28)16-7-12-21-20(13-16)23-14-26(21)19-5-3-2-4-6-19/h2-14H,1H3,(H,24,27)(H,25,28). The van der Waals surface area contributed by atoms with Crippen LogP contribution in [0.5, 0.6) is 0 Å². The number of para-hydroxylation sites is 1. The van der Waals surface area contributed by atoms with Crippen LogP contribution in [0.2, 0.25) is 0 Å². The first-order valence-electron chi connectivity index (χ1n) is 8.82. The molecule has 0 unspecified atom stereocenters. The predicted molar refractivity (Wildman–Crippen MR) is 110 cm³/mol. The zero-order chi connectivity index (χ0) is 19.5. The molecule has 6 nitrogen and oxygen atoms in total. The molecule has 0 saturated carbocycles. The number of aromatic nitrogens is 2. The van der Waals surface area contributed by atoms with Crippen LogP contribution in [0.1, 0.15) is 17.3 Å². The second kappa shape index (κ2) is 7.36. The molecule has 0 fully saturated rings. The molecule has 4 aromatic rings. The van der Waals surface area contributed by atoms with Gasteiger partial charge in [0.15, 0.2) is 0 Å². The minimum Gasteiger partial charge on any atom is -0.326 e. The molecule has 6 heteroatoms. The van der Waals surface area contributed by atoms with E-state index in [-0.39, 0.29) is 11.8 Å². The van der Waals surface area contributed by atoms with Crippen molar-refractivity contribution in [1.82, 2.24) is 9.55 Å². The van der Waals surface area contributed by atoms with E-state index >= 15 is 0 Å². The van der Waals surface area contributed by atoms with E-state index in [4.69, 9.17) is 0 Å². The first-order chi connectivity index (χ1) is 13.6. The van der Waals surface area contributed by atoms with Crippen molar-refractivity contribution in [3.8, 4) is 5.69 Å². The molecule has 0 aliphatic rings. The van der Waals surface area contributed by atoms with Crippen LogP contribution < -0.4 is 10.6 Å². The minimum atomic E-state index is -0.219.